The standard InChI is InChI=1S/C35H44FN5O3/c1-22(2)38-33(42)25-7-9-30(10-8-25)41-31-17-23(21-40-13-11-28(12-14-40)35(3,4)44)5-6-26(31)19-32(41)39-34(43)27-15-24(20-37)16-29(36)18-27/h5-6,15-18,22,25,28,30,44H,7-14,19,21H2,1-4H3,(H,38,42). The first kappa shape index (κ1) is 31.8. The van der Waals surface area contributed by atoms with Crippen molar-refractivity contribution in [2.75, 3.05) is 18.0 Å². The lowest BCUT2D eigenvalue weighted by Crippen LogP contribution is -2.44. The highest BCUT2D eigenvalue weighted by Crippen LogP contribution is 2.38. The number of halogens is 1. The minimum atomic E-state index is -0.663. The number of amidine groups is 1. The van der Waals surface area contributed by atoms with Gasteiger partial charge in [0.1, 0.15) is 11.7 Å². The number of carbonyl (C=O) groups is 2. The van der Waals surface area contributed by atoms with E-state index in [1.807, 2.05) is 33.8 Å². The maximum atomic E-state index is 14.2. The highest BCUT2D eigenvalue weighted by Gasteiger charge is 2.37. The minimum Gasteiger partial charge on any atom is -0.390 e. The first-order valence-electron chi connectivity index (χ1n) is 15.9. The molecule has 2 aromatic rings. The van der Waals surface area contributed by atoms with E-state index in [1.165, 1.54) is 11.6 Å². The van der Waals surface area contributed by atoms with Gasteiger partial charge in [0, 0.05) is 42.2 Å². The largest absolute Gasteiger partial charge is 0.390 e. The molecule has 2 N–H and O–H groups in total. The van der Waals surface area contributed by atoms with E-state index in [0.717, 1.165) is 81.5 Å². The van der Waals surface area contributed by atoms with Crippen molar-refractivity contribution in [1.82, 2.24) is 10.2 Å². The summed E-state index contributed by atoms with van der Waals surface area (Å²) in [5.41, 5.74) is 2.76. The summed E-state index contributed by atoms with van der Waals surface area (Å²) in [4.78, 5) is 35.2. The van der Waals surface area contributed by atoms with Crippen molar-refractivity contribution in [3.05, 3.63) is 64.5 Å². The van der Waals surface area contributed by atoms with Crippen molar-refractivity contribution >= 4 is 23.3 Å². The number of carbonyl (C=O) groups excluding carboxylic acids is 2. The van der Waals surface area contributed by atoms with Crippen LogP contribution < -0.4 is 10.2 Å². The third-order valence-electron chi connectivity index (χ3n) is 9.40. The molecule has 44 heavy (non-hydrogen) atoms. The van der Waals surface area contributed by atoms with E-state index < -0.39 is 17.3 Å². The Morgan fingerprint density at radius 3 is 2.43 bits per heavy atom. The summed E-state index contributed by atoms with van der Waals surface area (Å²) in [7, 11) is 0. The molecule has 2 fully saturated rings. The number of rotatable bonds is 7. The summed E-state index contributed by atoms with van der Waals surface area (Å²) in [6, 6.07) is 12.1. The first-order valence-corrected chi connectivity index (χ1v) is 15.9. The predicted molar refractivity (Wildman–Crippen MR) is 169 cm³/mol. The van der Waals surface area contributed by atoms with Gasteiger partial charge in [0.15, 0.2) is 0 Å². The summed E-state index contributed by atoms with van der Waals surface area (Å²) in [5.74, 6) is -0.245. The monoisotopic (exact) mass is 601 g/mol. The molecule has 5 rings (SSSR count). The Morgan fingerprint density at radius 2 is 1.80 bits per heavy atom. The van der Waals surface area contributed by atoms with E-state index in [2.05, 4.69) is 38.3 Å². The Kier molecular flexibility index (Phi) is 9.52. The van der Waals surface area contributed by atoms with Gasteiger partial charge in [-0.2, -0.15) is 10.3 Å². The van der Waals surface area contributed by atoms with Gasteiger partial charge < -0.3 is 15.3 Å². The number of benzene rings is 2. The van der Waals surface area contributed by atoms with Gasteiger partial charge in [0.25, 0.3) is 5.91 Å². The maximum absolute atomic E-state index is 14.2. The highest BCUT2D eigenvalue weighted by atomic mass is 19.1. The fourth-order valence-electron chi connectivity index (χ4n) is 6.99. The Balaban J connectivity index is 1.39. The van der Waals surface area contributed by atoms with Crippen LogP contribution >= 0.6 is 0 Å². The molecule has 0 spiro atoms. The minimum absolute atomic E-state index is 0.0346. The second-order valence-electron chi connectivity index (χ2n) is 13.6. The molecule has 8 nitrogen and oxygen atoms in total. The van der Waals surface area contributed by atoms with Crippen LogP contribution in [0.25, 0.3) is 0 Å². The summed E-state index contributed by atoms with van der Waals surface area (Å²) < 4.78 is 14.2. The van der Waals surface area contributed by atoms with Crippen LogP contribution in [0.3, 0.4) is 0 Å². The molecule has 234 valence electrons. The molecule has 9 heteroatoms. The molecule has 0 bridgehead atoms. The van der Waals surface area contributed by atoms with E-state index in [0.29, 0.717) is 18.2 Å². The van der Waals surface area contributed by atoms with E-state index in [1.54, 1.807) is 0 Å². The number of nitrogens with one attached hydrogen (secondary N) is 1. The first-order chi connectivity index (χ1) is 20.9. The van der Waals surface area contributed by atoms with Gasteiger partial charge in [-0.3, -0.25) is 14.5 Å². The Labute approximate surface area is 260 Å². The molecule has 1 saturated heterocycles. The van der Waals surface area contributed by atoms with Gasteiger partial charge in [-0.05, 0) is 121 Å². The molecule has 0 radical (unpaired) electrons. The highest BCUT2D eigenvalue weighted by molar-refractivity contribution is 6.13. The zero-order valence-electron chi connectivity index (χ0n) is 26.3. The average molecular weight is 602 g/mol. The molecular weight excluding hydrogens is 557 g/mol. The molecular formula is C35H44FN5O3. The SMILES string of the molecule is CC(C)NC(=O)C1CCC(N2C(=NC(=O)c3cc(F)cc(C#N)c3)Cc3ccc(CN4CCC(C(C)(C)O)CC4)cc32)CC1. The quantitative estimate of drug-likeness (QED) is 0.442. The number of piperidine rings is 1. The average Bonchev–Trinajstić information content (AvgIpc) is 3.33. The molecule has 2 amide bonds. The Morgan fingerprint density at radius 1 is 1.09 bits per heavy atom. The molecule has 1 aliphatic carbocycles. The smallest absolute Gasteiger partial charge is 0.278 e. The van der Waals surface area contributed by atoms with E-state index in [9.17, 15) is 24.3 Å². The van der Waals surface area contributed by atoms with Gasteiger partial charge in [-0.1, -0.05) is 12.1 Å². The van der Waals surface area contributed by atoms with Crippen LogP contribution in [-0.2, 0) is 17.8 Å². The van der Waals surface area contributed by atoms with Gasteiger partial charge in [-0.15, -0.1) is 0 Å². The molecule has 2 aliphatic heterocycles. The summed E-state index contributed by atoms with van der Waals surface area (Å²) >= 11 is 0. The topological polar surface area (TPSA) is 109 Å². The number of aliphatic imine (C=N–C) groups is 1. The van der Waals surface area contributed by atoms with Gasteiger partial charge in [0.05, 0.1) is 17.2 Å². The van der Waals surface area contributed by atoms with Crippen molar-refractivity contribution < 1.29 is 19.1 Å². The van der Waals surface area contributed by atoms with E-state index in [-0.39, 0.29) is 35.0 Å². The number of anilines is 1. The number of hydrogen-bond acceptors (Lipinski definition) is 5. The lowest BCUT2D eigenvalue weighted by molar-refractivity contribution is -0.126. The molecule has 0 unspecified atom stereocenters. The third-order valence-corrected chi connectivity index (χ3v) is 9.40. The fraction of sp³-hybridized carbons (Fsp3) is 0.543. The second-order valence-corrected chi connectivity index (χ2v) is 13.6. The van der Waals surface area contributed by atoms with Crippen molar-refractivity contribution in [2.24, 2.45) is 16.8 Å². The lowest BCUT2D eigenvalue weighted by Gasteiger charge is -2.38. The number of nitriles is 1. The van der Waals surface area contributed by atoms with Gasteiger partial charge in [0.2, 0.25) is 5.91 Å². The zero-order valence-corrected chi connectivity index (χ0v) is 26.3. The van der Waals surface area contributed by atoms with E-state index >= 15 is 0 Å². The van der Waals surface area contributed by atoms with Gasteiger partial charge in [-0.25, -0.2) is 4.39 Å². The lowest BCUT2D eigenvalue weighted by atomic mass is 9.83. The summed E-state index contributed by atoms with van der Waals surface area (Å²) in [5, 5.41) is 22.8. The molecule has 2 heterocycles. The number of hydrogen-bond donors (Lipinski definition) is 2. The Hall–Kier alpha value is -3.61. The molecule has 1 saturated carbocycles. The number of likely N-dealkylation sites (tertiary alicyclic amines) is 1. The van der Waals surface area contributed by atoms with Crippen LogP contribution in [0.5, 0.6) is 0 Å². The van der Waals surface area contributed by atoms with Crippen molar-refractivity contribution in [1.29, 1.82) is 5.26 Å². The van der Waals surface area contributed by atoms with Crippen LogP contribution in [0.1, 0.15) is 93.3 Å². The third kappa shape index (κ3) is 7.36. The van der Waals surface area contributed by atoms with Crippen molar-refractivity contribution in [2.45, 2.75) is 96.9 Å². The Bertz CT molecular complexity index is 1460. The van der Waals surface area contributed by atoms with Crippen LogP contribution in [0.2, 0.25) is 0 Å². The summed E-state index contributed by atoms with van der Waals surface area (Å²) in [6.45, 7) is 10.4. The number of amides is 2. The number of fused-ring (bicyclic) bond motifs is 1. The van der Waals surface area contributed by atoms with Crippen LogP contribution in [0.15, 0.2) is 41.4 Å². The fourth-order valence-corrected chi connectivity index (χ4v) is 6.99. The van der Waals surface area contributed by atoms with E-state index in [4.69, 9.17) is 0 Å². The molecule has 3 aliphatic rings. The van der Waals surface area contributed by atoms with Crippen LogP contribution in [-0.4, -0.2) is 58.4 Å². The molecule has 2 aromatic carbocycles. The maximum Gasteiger partial charge on any atom is 0.278 e. The normalized spacial score (nSPS) is 22.2. The predicted octanol–water partition coefficient (Wildman–Crippen LogP) is 5.37. The number of aliphatic hydroxyl groups is 1. The number of nitrogens with zero attached hydrogens (tertiary/aromatic N) is 4. The van der Waals surface area contributed by atoms with Crippen molar-refractivity contribution in [3.63, 3.8) is 0 Å². The van der Waals surface area contributed by atoms with Gasteiger partial charge >= 0.3 is 0 Å². The molecule has 0 atom stereocenters. The zero-order chi connectivity index (χ0) is 31.6. The van der Waals surface area contributed by atoms with Crippen LogP contribution in [0, 0.1) is 29.0 Å². The second kappa shape index (κ2) is 13.2. The summed E-state index contributed by atoms with van der Waals surface area (Å²) in [6.07, 6.45) is 5.48. The molecule has 0 aromatic heterocycles. The van der Waals surface area contributed by atoms with Crippen molar-refractivity contribution in [3.8, 4) is 6.07 Å². The van der Waals surface area contributed by atoms with Crippen LogP contribution in [0.4, 0.5) is 10.1 Å².